The minimum atomic E-state index is -3.81. The molecule has 1 aliphatic heterocycles. The molecule has 0 saturated carbocycles. The van der Waals surface area contributed by atoms with Crippen LogP contribution in [0.2, 0.25) is 0 Å². The van der Waals surface area contributed by atoms with Crippen molar-refractivity contribution in [2.45, 2.75) is 42.4 Å². The number of sulfonamides is 2. The van der Waals surface area contributed by atoms with Crippen molar-refractivity contribution in [2.75, 3.05) is 17.8 Å². The largest absolute Gasteiger partial charge is 0.279 e. The highest BCUT2D eigenvalue weighted by molar-refractivity contribution is 7.92. The molecular weight excluding hydrogens is 384 g/mol. The van der Waals surface area contributed by atoms with E-state index in [1.807, 2.05) is 26.0 Å². The van der Waals surface area contributed by atoms with Gasteiger partial charge in [-0.3, -0.25) is 4.72 Å². The summed E-state index contributed by atoms with van der Waals surface area (Å²) in [6.45, 7) is 5.00. The van der Waals surface area contributed by atoms with Gasteiger partial charge >= 0.3 is 0 Å². The van der Waals surface area contributed by atoms with Crippen molar-refractivity contribution in [1.29, 1.82) is 0 Å². The fourth-order valence-corrected chi connectivity index (χ4v) is 5.77. The normalized spacial score (nSPS) is 16.0. The summed E-state index contributed by atoms with van der Waals surface area (Å²) in [6, 6.07) is 12.6. The van der Waals surface area contributed by atoms with Crippen LogP contribution in [0, 0.1) is 0 Å². The smallest absolute Gasteiger partial charge is 0.261 e. The van der Waals surface area contributed by atoms with Gasteiger partial charge in [-0.2, -0.15) is 4.31 Å². The summed E-state index contributed by atoms with van der Waals surface area (Å²) in [5.41, 5.74) is 1.43. The van der Waals surface area contributed by atoms with Crippen LogP contribution >= 0.6 is 0 Å². The highest BCUT2D eigenvalue weighted by Crippen LogP contribution is 2.27. The molecule has 1 fully saturated rings. The monoisotopic (exact) mass is 408 g/mol. The van der Waals surface area contributed by atoms with Gasteiger partial charge in [0, 0.05) is 13.1 Å². The van der Waals surface area contributed by atoms with E-state index in [2.05, 4.69) is 4.72 Å². The van der Waals surface area contributed by atoms with Gasteiger partial charge < -0.3 is 0 Å². The predicted molar refractivity (Wildman–Crippen MR) is 106 cm³/mol. The molecule has 27 heavy (non-hydrogen) atoms. The summed E-state index contributed by atoms with van der Waals surface area (Å²) < 4.78 is 54.6. The van der Waals surface area contributed by atoms with Crippen molar-refractivity contribution < 1.29 is 16.8 Å². The lowest BCUT2D eigenvalue weighted by Gasteiger charge is -2.16. The van der Waals surface area contributed by atoms with E-state index in [1.54, 1.807) is 12.1 Å². The van der Waals surface area contributed by atoms with Crippen LogP contribution in [0.1, 0.15) is 38.2 Å². The maximum absolute atomic E-state index is 12.7. The molecule has 0 spiro atoms. The van der Waals surface area contributed by atoms with Crippen LogP contribution < -0.4 is 4.72 Å². The molecule has 1 heterocycles. The number of anilines is 1. The van der Waals surface area contributed by atoms with Gasteiger partial charge in [-0.05, 0) is 54.7 Å². The topological polar surface area (TPSA) is 83.5 Å². The number of rotatable bonds is 6. The molecule has 2 aromatic rings. The van der Waals surface area contributed by atoms with Crippen LogP contribution in [0.3, 0.4) is 0 Å². The average molecular weight is 409 g/mol. The Kier molecular flexibility index (Phi) is 5.60. The second-order valence-corrected chi connectivity index (χ2v) is 10.6. The highest BCUT2D eigenvalue weighted by atomic mass is 32.2. The fourth-order valence-electron chi connectivity index (χ4n) is 3.17. The van der Waals surface area contributed by atoms with Gasteiger partial charge in [0.15, 0.2) is 0 Å². The Morgan fingerprint density at radius 1 is 0.852 bits per heavy atom. The number of hydrogen-bond donors (Lipinski definition) is 1. The average Bonchev–Trinajstić information content (AvgIpc) is 3.17. The maximum Gasteiger partial charge on any atom is 0.261 e. The molecule has 1 aliphatic rings. The number of para-hydroxylation sites is 1. The van der Waals surface area contributed by atoms with Crippen LogP contribution in [-0.4, -0.2) is 34.2 Å². The Bertz CT molecular complexity index is 1010. The molecule has 146 valence electrons. The molecular formula is C19H24N2O4S2. The lowest BCUT2D eigenvalue weighted by Crippen LogP contribution is -2.27. The second kappa shape index (κ2) is 7.61. The summed E-state index contributed by atoms with van der Waals surface area (Å²) in [5, 5.41) is 0. The van der Waals surface area contributed by atoms with E-state index in [4.69, 9.17) is 0 Å². The third-order valence-electron chi connectivity index (χ3n) is 4.66. The summed E-state index contributed by atoms with van der Waals surface area (Å²) in [7, 11) is -7.37. The third-order valence-corrected chi connectivity index (χ3v) is 7.96. The van der Waals surface area contributed by atoms with Gasteiger partial charge in [-0.25, -0.2) is 16.8 Å². The highest BCUT2D eigenvalue weighted by Gasteiger charge is 2.27. The van der Waals surface area contributed by atoms with Crippen LogP contribution in [0.5, 0.6) is 0 Å². The Labute approximate surface area is 161 Å². The molecule has 6 nitrogen and oxygen atoms in total. The Morgan fingerprint density at radius 3 is 2.00 bits per heavy atom. The summed E-state index contributed by atoms with van der Waals surface area (Å²) in [6.07, 6.45) is 1.70. The quantitative estimate of drug-likeness (QED) is 0.794. The zero-order chi connectivity index (χ0) is 19.7. The van der Waals surface area contributed by atoms with Crippen molar-refractivity contribution in [1.82, 2.24) is 4.31 Å². The molecule has 1 N–H and O–H groups in total. The molecule has 0 amide bonds. The van der Waals surface area contributed by atoms with Crippen LogP contribution in [0.15, 0.2) is 58.3 Å². The lowest BCUT2D eigenvalue weighted by atomic mass is 10.0. The van der Waals surface area contributed by atoms with Crippen LogP contribution in [-0.2, 0) is 20.0 Å². The summed E-state index contributed by atoms with van der Waals surface area (Å²) >= 11 is 0. The number of benzene rings is 2. The first kappa shape index (κ1) is 19.9. The van der Waals surface area contributed by atoms with Crippen molar-refractivity contribution >= 4 is 25.7 Å². The Morgan fingerprint density at radius 2 is 1.41 bits per heavy atom. The Balaban J connectivity index is 1.86. The number of hydrogen-bond acceptors (Lipinski definition) is 4. The maximum atomic E-state index is 12.7. The first-order chi connectivity index (χ1) is 12.7. The summed E-state index contributed by atoms with van der Waals surface area (Å²) in [5.74, 6) is 0.164. The third kappa shape index (κ3) is 4.17. The SMILES string of the molecule is CC(C)c1ccccc1NS(=O)(=O)c1ccc(S(=O)(=O)N2CCCC2)cc1. The van der Waals surface area contributed by atoms with E-state index in [0.29, 0.717) is 18.8 Å². The first-order valence-electron chi connectivity index (χ1n) is 8.94. The fraction of sp³-hybridized carbons (Fsp3) is 0.368. The van der Waals surface area contributed by atoms with Crippen LogP contribution in [0.4, 0.5) is 5.69 Å². The van der Waals surface area contributed by atoms with Gasteiger partial charge in [0.05, 0.1) is 15.5 Å². The van der Waals surface area contributed by atoms with Crippen molar-refractivity contribution in [3.63, 3.8) is 0 Å². The molecule has 0 unspecified atom stereocenters. The summed E-state index contributed by atoms with van der Waals surface area (Å²) in [4.78, 5) is 0.146. The predicted octanol–water partition coefficient (Wildman–Crippen LogP) is 3.40. The van der Waals surface area contributed by atoms with Crippen molar-refractivity contribution in [3.05, 3.63) is 54.1 Å². The first-order valence-corrected chi connectivity index (χ1v) is 11.9. The number of nitrogens with one attached hydrogen (secondary N) is 1. The molecule has 0 bridgehead atoms. The van der Waals surface area contributed by atoms with E-state index >= 15 is 0 Å². The standard InChI is InChI=1S/C19H24N2O4S2/c1-15(2)18-7-3-4-8-19(18)20-26(22,23)16-9-11-17(12-10-16)27(24,25)21-13-5-6-14-21/h3-4,7-12,15,20H,5-6,13-14H2,1-2H3. The zero-order valence-electron chi connectivity index (χ0n) is 15.4. The molecule has 3 rings (SSSR count). The lowest BCUT2D eigenvalue weighted by molar-refractivity contribution is 0.477. The minimum absolute atomic E-state index is 0.0291. The molecule has 0 aromatic heterocycles. The molecule has 8 heteroatoms. The molecule has 1 saturated heterocycles. The van der Waals surface area contributed by atoms with Crippen molar-refractivity contribution in [3.8, 4) is 0 Å². The molecule has 0 radical (unpaired) electrons. The molecule has 2 aromatic carbocycles. The van der Waals surface area contributed by atoms with E-state index < -0.39 is 20.0 Å². The van der Waals surface area contributed by atoms with Gasteiger partial charge in [0.1, 0.15) is 0 Å². The van der Waals surface area contributed by atoms with E-state index in [9.17, 15) is 16.8 Å². The van der Waals surface area contributed by atoms with Gasteiger partial charge in [-0.15, -0.1) is 0 Å². The van der Waals surface area contributed by atoms with Gasteiger partial charge in [-0.1, -0.05) is 32.0 Å². The van der Waals surface area contributed by atoms with Gasteiger partial charge in [0.2, 0.25) is 10.0 Å². The van der Waals surface area contributed by atoms with E-state index in [-0.39, 0.29) is 15.7 Å². The van der Waals surface area contributed by atoms with E-state index in [0.717, 1.165) is 18.4 Å². The second-order valence-electron chi connectivity index (χ2n) is 6.93. The van der Waals surface area contributed by atoms with Crippen LogP contribution in [0.25, 0.3) is 0 Å². The number of nitrogens with zero attached hydrogens (tertiary/aromatic N) is 1. The minimum Gasteiger partial charge on any atom is -0.279 e. The zero-order valence-corrected chi connectivity index (χ0v) is 17.1. The van der Waals surface area contributed by atoms with E-state index in [1.165, 1.54) is 28.6 Å². The molecule has 0 atom stereocenters. The Hall–Kier alpha value is -1.90. The van der Waals surface area contributed by atoms with Crippen molar-refractivity contribution in [2.24, 2.45) is 0 Å². The molecule has 0 aliphatic carbocycles. The van der Waals surface area contributed by atoms with Gasteiger partial charge in [0.25, 0.3) is 10.0 Å².